The van der Waals surface area contributed by atoms with Crippen LogP contribution in [-0.4, -0.2) is 17.0 Å². The van der Waals surface area contributed by atoms with E-state index in [-0.39, 0.29) is 0 Å². The molecule has 0 bridgehead atoms. The molecule has 0 radical (unpaired) electrons. The smallest absolute Gasteiger partial charge is 0.340 e. The van der Waals surface area contributed by atoms with Crippen LogP contribution in [0.25, 0.3) is 5.52 Å². The van der Waals surface area contributed by atoms with Crippen LogP contribution in [0.3, 0.4) is 0 Å². The van der Waals surface area contributed by atoms with Crippen LogP contribution in [0.2, 0.25) is 0 Å². The van der Waals surface area contributed by atoms with E-state index in [2.05, 4.69) is 0 Å². The molecule has 2 rings (SSSR count). The molecule has 0 amide bonds. The summed E-state index contributed by atoms with van der Waals surface area (Å²) in [6.45, 7) is 2.08. The second-order valence-corrected chi connectivity index (χ2v) is 3.23. The van der Waals surface area contributed by atoms with Crippen molar-refractivity contribution in [3.63, 3.8) is 0 Å². The van der Waals surface area contributed by atoms with E-state index < -0.39 is 5.97 Å². The van der Waals surface area contributed by atoms with Crippen LogP contribution in [0.1, 0.15) is 23.0 Å². The first-order valence-corrected chi connectivity index (χ1v) is 4.95. The number of hydrogen-bond donors (Lipinski definition) is 0. The second-order valence-electron chi connectivity index (χ2n) is 3.23. The Morgan fingerprint density at radius 3 is 3.06 bits per heavy atom. The number of esters is 1. The van der Waals surface area contributed by atoms with Crippen molar-refractivity contribution in [2.75, 3.05) is 6.61 Å². The lowest BCUT2D eigenvalue weighted by Gasteiger charge is -1.99. The van der Waals surface area contributed by atoms with Crippen LogP contribution in [0.15, 0.2) is 30.5 Å². The van der Waals surface area contributed by atoms with Crippen molar-refractivity contribution in [3.8, 4) is 6.07 Å². The molecule has 0 aliphatic rings. The van der Waals surface area contributed by atoms with Gasteiger partial charge in [-0.15, -0.1) is 0 Å². The van der Waals surface area contributed by atoms with Crippen molar-refractivity contribution >= 4 is 11.5 Å². The molecule has 80 valence electrons. The van der Waals surface area contributed by atoms with E-state index in [0.717, 1.165) is 0 Å². The Kier molecular flexibility index (Phi) is 2.61. The summed E-state index contributed by atoms with van der Waals surface area (Å²) in [6.07, 6.45) is 1.75. The first-order valence-electron chi connectivity index (χ1n) is 4.95. The van der Waals surface area contributed by atoms with Crippen molar-refractivity contribution in [2.45, 2.75) is 6.92 Å². The van der Waals surface area contributed by atoms with E-state index >= 15 is 0 Å². The van der Waals surface area contributed by atoms with Crippen molar-refractivity contribution in [3.05, 3.63) is 41.7 Å². The molecule has 0 spiro atoms. The molecule has 2 heterocycles. The molecule has 0 saturated carbocycles. The molecule has 2 aromatic heterocycles. The molecule has 0 unspecified atom stereocenters. The quantitative estimate of drug-likeness (QED) is 0.718. The van der Waals surface area contributed by atoms with Crippen molar-refractivity contribution in [1.82, 2.24) is 4.40 Å². The van der Waals surface area contributed by atoms with E-state index in [9.17, 15) is 4.79 Å². The zero-order chi connectivity index (χ0) is 11.5. The van der Waals surface area contributed by atoms with Gasteiger partial charge in [0.1, 0.15) is 11.8 Å². The summed E-state index contributed by atoms with van der Waals surface area (Å²) in [7, 11) is 0. The van der Waals surface area contributed by atoms with Crippen LogP contribution in [-0.2, 0) is 4.74 Å². The van der Waals surface area contributed by atoms with Gasteiger partial charge in [0.25, 0.3) is 0 Å². The number of nitriles is 1. The first-order chi connectivity index (χ1) is 7.77. The highest BCUT2D eigenvalue weighted by atomic mass is 16.5. The predicted octanol–water partition coefficient (Wildman–Crippen LogP) is 1.99. The number of carbonyl (C=O) groups excluding carboxylic acids is 1. The minimum Gasteiger partial charge on any atom is -0.462 e. The lowest BCUT2D eigenvalue weighted by Crippen LogP contribution is -2.03. The molecule has 0 aliphatic heterocycles. The third-order valence-corrected chi connectivity index (χ3v) is 2.29. The third kappa shape index (κ3) is 1.52. The number of ether oxygens (including phenoxy) is 1. The molecular formula is C12H10N2O2. The number of rotatable bonds is 2. The molecule has 2 aromatic rings. The topological polar surface area (TPSA) is 54.5 Å². The Bertz CT molecular complexity index is 578. The van der Waals surface area contributed by atoms with E-state index in [1.165, 1.54) is 0 Å². The number of fused-ring (bicyclic) bond motifs is 1. The monoisotopic (exact) mass is 214 g/mol. The van der Waals surface area contributed by atoms with Crippen LogP contribution in [0.5, 0.6) is 0 Å². The Labute approximate surface area is 92.7 Å². The lowest BCUT2D eigenvalue weighted by atomic mass is 10.2. The predicted molar refractivity (Wildman–Crippen MR) is 58.1 cm³/mol. The lowest BCUT2D eigenvalue weighted by molar-refractivity contribution is 0.0529. The molecule has 0 aliphatic carbocycles. The van der Waals surface area contributed by atoms with Gasteiger partial charge in [0, 0.05) is 6.20 Å². The number of hydrogen-bond acceptors (Lipinski definition) is 3. The molecular weight excluding hydrogens is 204 g/mol. The highest BCUT2D eigenvalue weighted by Gasteiger charge is 2.15. The molecule has 4 heteroatoms. The minimum absolute atomic E-state index is 0.324. The normalized spacial score (nSPS) is 10.0. The Morgan fingerprint density at radius 1 is 1.56 bits per heavy atom. The third-order valence-electron chi connectivity index (χ3n) is 2.29. The molecule has 0 atom stereocenters. The Hall–Kier alpha value is -2.28. The summed E-state index contributed by atoms with van der Waals surface area (Å²) >= 11 is 0. The largest absolute Gasteiger partial charge is 0.462 e. The average molecular weight is 214 g/mol. The van der Waals surface area contributed by atoms with Gasteiger partial charge in [0.05, 0.1) is 17.7 Å². The van der Waals surface area contributed by atoms with Gasteiger partial charge in [0.2, 0.25) is 0 Å². The summed E-state index contributed by atoms with van der Waals surface area (Å²) in [4.78, 5) is 11.6. The maximum Gasteiger partial charge on any atom is 0.340 e. The Balaban J connectivity index is 2.63. The van der Waals surface area contributed by atoms with Crippen molar-refractivity contribution in [1.29, 1.82) is 5.26 Å². The van der Waals surface area contributed by atoms with Gasteiger partial charge in [-0.25, -0.2) is 4.79 Å². The summed E-state index contributed by atoms with van der Waals surface area (Å²) in [5.74, 6) is -0.396. The van der Waals surface area contributed by atoms with Gasteiger partial charge in [-0.2, -0.15) is 5.26 Å². The molecule has 0 N–H and O–H groups in total. The number of aromatic nitrogens is 1. The first kappa shape index (κ1) is 10.2. The van der Waals surface area contributed by atoms with Crippen LogP contribution >= 0.6 is 0 Å². The van der Waals surface area contributed by atoms with Crippen LogP contribution in [0.4, 0.5) is 0 Å². The molecule has 0 fully saturated rings. The molecule has 0 saturated heterocycles. The SMILES string of the molecule is CCOC(=O)c1cc(C#N)n2ccccc12. The maximum atomic E-state index is 11.6. The fourth-order valence-electron chi connectivity index (χ4n) is 1.61. The van der Waals surface area contributed by atoms with Gasteiger partial charge in [-0.05, 0) is 25.1 Å². The van der Waals surface area contributed by atoms with Gasteiger partial charge >= 0.3 is 5.97 Å². The second kappa shape index (κ2) is 4.07. The highest BCUT2D eigenvalue weighted by Crippen LogP contribution is 2.17. The highest BCUT2D eigenvalue weighted by molar-refractivity contribution is 5.98. The molecule has 4 nitrogen and oxygen atoms in total. The average Bonchev–Trinajstić information content (AvgIpc) is 2.68. The molecule has 16 heavy (non-hydrogen) atoms. The van der Waals surface area contributed by atoms with Gasteiger partial charge in [0.15, 0.2) is 0 Å². The zero-order valence-corrected chi connectivity index (χ0v) is 8.80. The van der Waals surface area contributed by atoms with E-state index in [1.807, 2.05) is 18.2 Å². The van der Waals surface area contributed by atoms with Gasteiger partial charge < -0.3 is 9.14 Å². The van der Waals surface area contributed by atoms with Crippen molar-refractivity contribution < 1.29 is 9.53 Å². The molecule has 0 aromatic carbocycles. The fourth-order valence-corrected chi connectivity index (χ4v) is 1.61. The number of pyridine rings is 1. The summed E-state index contributed by atoms with van der Waals surface area (Å²) < 4.78 is 6.61. The zero-order valence-electron chi connectivity index (χ0n) is 8.80. The summed E-state index contributed by atoms with van der Waals surface area (Å²) in [5.41, 5.74) is 1.55. The van der Waals surface area contributed by atoms with Crippen molar-refractivity contribution in [2.24, 2.45) is 0 Å². The van der Waals surface area contributed by atoms with Crippen LogP contribution < -0.4 is 0 Å². The van der Waals surface area contributed by atoms with E-state index in [0.29, 0.717) is 23.4 Å². The number of nitrogens with zero attached hydrogens (tertiary/aromatic N) is 2. The van der Waals surface area contributed by atoms with Gasteiger partial charge in [-0.3, -0.25) is 0 Å². The fraction of sp³-hybridized carbons (Fsp3) is 0.167. The van der Waals surface area contributed by atoms with E-state index in [1.54, 1.807) is 29.7 Å². The summed E-state index contributed by atoms with van der Waals surface area (Å²) in [5, 5.41) is 8.94. The number of carbonyl (C=O) groups is 1. The van der Waals surface area contributed by atoms with Gasteiger partial charge in [-0.1, -0.05) is 6.07 Å². The van der Waals surface area contributed by atoms with Crippen LogP contribution in [0, 0.1) is 11.3 Å². The maximum absolute atomic E-state index is 11.6. The standard InChI is InChI=1S/C12H10N2O2/c1-2-16-12(15)10-7-9(8-13)14-6-4-3-5-11(10)14/h3-7H,2H2,1H3. The van der Waals surface area contributed by atoms with E-state index in [4.69, 9.17) is 10.00 Å². The minimum atomic E-state index is -0.396. The Morgan fingerprint density at radius 2 is 2.38 bits per heavy atom. The summed E-state index contributed by atoms with van der Waals surface area (Å²) in [6, 6.07) is 9.00.